The fourth-order valence-corrected chi connectivity index (χ4v) is 2.49. The summed E-state index contributed by atoms with van der Waals surface area (Å²) in [7, 11) is 0. The highest BCUT2D eigenvalue weighted by molar-refractivity contribution is 5.24. The van der Waals surface area contributed by atoms with Crippen LogP contribution in [0.5, 0.6) is 0 Å². The number of hydrogen-bond acceptors (Lipinski definition) is 1. The van der Waals surface area contributed by atoms with E-state index in [-0.39, 0.29) is 5.82 Å². The van der Waals surface area contributed by atoms with Crippen molar-refractivity contribution in [2.75, 3.05) is 6.54 Å². The zero-order chi connectivity index (χ0) is 11.4. The second-order valence-electron chi connectivity index (χ2n) is 4.84. The number of hydrogen-bond donors (Lipinski definition) is 1. The topological polar surface area (TPSA) is 12.0 Å². The maximum Gasteiger partial charge on any atom is 0.123 e. The quantitative estimate of drug-likeness (QED) is 0.808. The molecule has 1 N–H and O–H groups in total. The van der Waals surface area contributed by atoms with Crippen LogP contribution in [-0.2, 0) is 6.42 Å². The fraction of sp³-hybridized carbons (Fsp3) is 0.571. The van der Waals surface area contributed by atoms with Crippen LogP contribution in [0, 0.1) is 12.7 Å². The molecule has 0 spiro atoms. The Morgan fingerprint density at radius 3 is 2.94 bits per heavy atom. The Bertz CT molecular complexity index is 320. The molecular weight excluding hydrogens is 201 g/mol. The molecule has 0 radical (unpaired) electrons. The van der Waals surface area contributed by atoms with Crippen molar-refractivity contribution in [3.05, 3.63) is 35.1 Å². The lowest BCUT2D eigenvalue weighted by molar-refractivity contribution is 0.506. The molecule has 1 aliphatic rings. The van der Waals surface area contributed by atoms with Gasteiger partial charge in [-0.2, -0.15) is 0 Å². The highest BCUT2D eigenvalue weighted by atomic mass is 19.1. The molecule has 1 saturated heterocycles. The molecule has 0 aliphatic carbocycles. The lowest BCUT2D eigenvalue weighted by Crippen LogP contribution is -2.30. The van der Waals surface area contributed by atoms with Gasteiger partial charge in [0.1, 0.15) is 5.82 Å². The monoisotopic (exact) mass is 221 g/mol. The van der Waals surface area contributed by atoms with Crippen molar-refractivity contribution in [3.8, 4) is 0 Å². The summed E-state index contributed by atoms with van der Waals surface area (Å²) < 4.78 is 13.2. The van der Waals surface area contributed by atoms with Crippen LogP contribution in [0.4, 0.5) is 4.39 Å². The molecule has 2 rings (SSSR count). The predicted octanol–water partition coefficient (Wildman–Crippen LogP) is 3.21. The molecule has 88 valence electrons. The second kappa shape index (κ2) is 5.44. The van der Waals surface area contributed by atoms with E-state index in [1.807, 2.05) is 6.92 Å². The Balaban J connectivity index is 2.01. The first-order chi connectivity index (χ1) is 7.74. The van der Waals surface area contributed by atoms with Gasteiger partial charge in [-0.05, 0) is 56.0 Å². The average Bonchev–Trinajstić information content (AvgIpc) is 2.44. The van der Waals surface area contributed by atoms with E-state index in [2.05, 4.69) is 11.4 Å². The number of aryl methyl sites for hydroxylation is 1. The largest absolute Gasteiger partial charge is 0.314 e. The Labute approximate surface area is 97.1 Å². The number of benzene rings is 1. The smallest absolute Gasteiger partial charge is 0.123 e. The van der Waals surface area contributed by atoms with Gasteiger partial charge in [-0.25, -0.2) is 4.39 Å². The minimum Gasteiger partial charge on any atom is -0.314 e. The first kappa shape index (κ1) is 11.6. The Morgan fingerprint density at radius 2 is 2.12 bits per heavy atom. The Hall–Kier alpha value is -0.890. The minimum absolute atomic E-state index is 0.108. The second-order valence-corrected chi connectivity index (χ2v) is 4.84. The highest BCUT2D eigenvalue weighted by Crippen LogP contribution is 2.15. The standard InChI is InChI=1S/C14H20FN/c1-11-7-12(9-13(15)8-11)10-14-5-3-2-4-6-16-14/h7-9,14,16H,2-6,10H2,1H3. The lowest BCUT2D eigenvalue weighted by Gasteiger charge is -2.16. The average molecular weight is 221 g/mol. The summed E-state index contributed by atoms with van der Waals surface area (Å²) in [6, 6.07) is 5.88. The van der Waals surface area contributed by atoms with E-state index < -0.39 is 0 Å². The minimum atomic E-state index is -0.108. The summed E-state index contributed by atoms with van der Waals surface area (Å²) in [6.45, 7) is 3.06. The zero-order valence-corrected chi connectivity index (χ0v) is 9.93. The van der Waals surface area contributed by atoms with Gasteiger partial charge in [0.15, 0.2) is 0 Å². The van der Waals surface area contributed by atoms with E-state index in [1.54, 1.807) is 12.1 Å². The van der Waals surface area contributed by atoms with E-state index in [0.717, 1.165) is 24.1 Å². The van der Waals surface area contributed by atoms with Crippen LogP contribution in [0.15, 0.2) is 18.2 Å². The molecule has 1 aromatic carbocycles. The van der Waals surface area contributed by atoms with Gasteiger partial charge in [0.25, 0.3) is 0 Å². The molecular formula is C14H20FN. The Kier molecular flexibility index (Phi) is 3.94. The van der Waals surface area contributed by atoms with Gasteiger partial charge in [-0.3, -0.25) is 0 Å². The molecule has 0 bridgehead atoms. The first-order valence-electron chi connectivity index (χ1n) is 6.23. The summed E-state index contributed by atoms with van der Waals surface area (Å²) in [5.41, 5.74) is 2.14. The van der Waals surface area contributed by atoms with Gasteiger partial charge in [0, 0.05) is 6.04 Å². The molecule has 1 aromatic rings. The normalized spacial score (nSPS) is 21.8. The summed E-state index contributed by atoms with van der Waals surface area (Å²) in [5, 5.41) is 3.55. The van der Waals surface area contributed by atoms with E-state index in [0.29, 0.717) is 6.04 Å². The zero-order valence-electron chi connectivity index (χ0n) is 9.93. The van der Waals surface area contributed by atoms with Crippen LogP contribution in [0.1, 0.15) is 36.8 Å². The van der Waals surface area contributed by atoms with Crippen LogP contribution in [-0.4, -0.2) is 12.6 Å². The van der Waals surface area contributed by atoms with Crippen molar-refractivity contribution in [3.63, 3.8) is 0 Å². The molecule has 0 saturated carbocycles. The molecule has 0 amide bonds. The molecule has 1 nitrogen and oxygen atoms in total. The molecule has 1 atom stereocenters. The van der Waals surface area contributed by atoms with Crippen molar-refractivity contribution in [2.45, 2.75) is 45.1 Å². The van der Waals surface area contributed by atoms with Crippen molar-refractivity contribution in [1.29, 1.82) is 0 Å². The molecule has 1 unspecified atom stereocenters. The summed E-state index contributed by atoms with van der Waals surface area (Å²) in [4.78, 5) is 0. The van der Waals surface area contributed by atoms with Gasteiger partial charge >= 0.3 is 0 Å². The van der Waals surface area contributed by atoms with E-state index >= 15 is 0 Å². The van der Waals surface area contributed by atoms with Crippen LogP contribution in [0.25, 0.3) is 0 Å². The molecule has 0 aromatic heterocycles. The molecule has 1 heterocycles. The van der Waals surface area contributed by atoms with Crippen LogP contribution < -0.4 is 5.32 Å². The summed E-state index contributed by atoms with van der Waals surface area (Å²) in [5.74, 6) is -0.108. The summed E-state index contributed by atoms with van der Waals surface area (Å²) >= 11 is 0. The predicted molar refractivity (Wildman–Crippen MR) is 65.1 cm³/mol. The van der Waals surface area contributed by atoms with E-state index in [1.165, 1.54) is 25.7 Å². The fourth-order valence-electron chi connectivity index (χ4n) is 2.49. The Morgan fingerprint density at radius 1 is 1.25 bits per heavy atom. The molecule has 1 aliphatic heterocycles. The van der Waals surface area contributed by atoms with Crippen molar-refractivity contribution < 1.29 is 4.39 Å². The van der Waals surface area contributed by atoms with Crippen LogP contribution >= 0.6 is 0 Å². The number of halogens is 1. The van der Waals surface area contributed by atoms with Gasteiger partial charge in [-0.15, -0.1) is 0 Å². The van der Waals surface area contributed by atoms with Gasteiger partial charge in [0.05, 0.1) is 0 Å². The van der Waals surface area contributed by atoms with Crippen LogP contribution in [0.2, 0.25) is 0 Å². The highest BCUT2D eigenvalue weighted by Gasteiger charge is 2.12. The van der Waals surface area contributed by atoms with Gasteiger partial charge in [-0.1, -0.05) is 18.9 Å². The third kappa shape index (κ3) is 3.31. The maximum atomic E-state index is 13.2. The van der Waals surface area contributed by atoms with Crippen molar-refractivity contribution in [1.82, 2.24) is 5.32 Å². The lowest BCUT2D eigenvalue weighted by atomic mass is 10.0. The third-order valence-corrected chi connectivity index (χ3v) is 3.25. The number of rotatable bonds is 2. The van der Waals surface area contributed by atoms with E-state index in [4.69, 9.17) is 0 Å². The van der Waals surface area contributed by atoms with Crippen molar-refractivity contribution >= 4 is 0 Å². The van der Waals surface area contributed by atoms with E-state index in [9.17, 15) is 4.39 Å². The van der Waals surface area contributed by atoms with Crippen LogP contribution in [0.3, 0.4) is 0 Å². The SMILES string of the molecule is Cc1cc(F)cc(CC2CCCCCN2)c1. The number of nitrogens with one attached hydrogen (secondary N) is 1. The van der Waals surface area contributed by atoms with Crippen molar-refractivity contribution in [2.24, 2.45) is 0 Å². The summed E-state index contributed by atoms with van der Waals surface area (Å²) in [6.07, 6.45) is 6.07. The molecule has 16 heavy (non-hydrogen) atoms. The molecule has 1 fully saturated rings. The first-order valence-corrected chi connectivity index (χ1v) is 6.23. The van der Waals surface area contributed by atoms with Gasteiger partial charge in [0.2, 0.25) is 0 Å². The third-order valence-electron chi connectivity index (χ3n) is 3.25. The molecule has 2 heteroatoms. The maximum absolute atomic E-state index is 13.2. The van der Waals surface area contributed by atoms with Gasteiger partial charge < -0.3 is 5.32 Å².